The van der Waals surface area contributed by atoms with E-state index in [4.69, 9.17) is 6.42 Å². The molecule has 0 aliphatic heterocycles. The van der Waals surface area contributed by atoms with Crippen LogP contribution in [0.2, 0.25) is 0 Å². The minimum Gasteiger partial charge on any atom is -0.119 e. The van der Waals surface area contributed by atoms with Gasteiger partial charge in [0.2, 0.25) is 0 Å². The summed E-state index contributed by atoms with van der Waals surface area (Å²) in [6.07, 6.45) is 5.28. The van der Waals surface area contributed by atoms with Gasteiger partial charge in [0, 0.05) is 10.4 Å². The molecule has 0 saturated heterocycles. The van der Waals surface area contributed by atoms with Crippen LogP contribution < -0.4 is 0 Å². The minimum absolute atomic E-state index is 0.211. The summed E-state index contributed by atoms with van der Waals surface area (Å²) in [6, 6.07) is 8.08. The molecular formula is C10H9Br. The first kappa shape index (κ1) is 8.36. The fraction of sp³-hybridized carbons (Fsp3) is 0.200. The maximum Gasteiger partial charge on any atom is 0.0421 e. The van der Waals surface area contributed by atoms with Crippen LogP contribution >= 0.6 is 15.9 Å². The Bertz CT molecular complexity index is 266. The molecular weight excluding hydrogens is 200 g/mol. The summed E-state index contributed by atoms with van der Waals surface area (Å²) in [5.41, 5.74) is 1.19. The van der Waals surface area contributed by atoms with E-state index in [0.29, 0.717) is 0 Å². The predicted molar refractivity (Wildman–Crippen MR) is 51.4 cm³/mol. The van der Waals surface area contributed by atoms with Gasteiger partial charge in [-0.25, -0.2) is 0 Å². The monoisotopic (exact) mass is 208 g/mol. The van der Waals surface area contributed by atoms with Crippen molar-refractivity contribution in [2.24, 2.45) is 0 Å². The van der Waals surface area contributed by atoms with Crippen LogP contribution in [-0.2, 0) is 0 Å². The molecule has 0 fully saturated rings. The molecule has 1 atom stereocenters. The van der Waals surface area contributed by atoms with Crippen molar-refractivity contribution >= 4 is 15.9 Å². The molecule has 1 aromatic rings. The first-order chi connectivity index (χ1) is 5.24. The topological polar surface area (TPSA) is 0 Å². The van der Waals surface area contributed by atoms with Crippen LogP contribution in [0.15, 0.2) is 28.7 Å². The Morgan fingerprint density at radius 3 is 2.36 bits per heavy atom. The molecule has 0 bridgehead atoms. The van der Waals surface area contributed by atoms with E-state index < -0.39 is 0 Å². The standard InChI is InChI=1S/C10H9Br/c1-3-8(2)9-4-6-10(11)7-5-9/h1,4-8H,2H3. The number of rotatable bonds is 1. The Morgan fingerprint density at radius 1 is 1.36 bits per heavy atom. The third-order valence-electron chi connectivity index (χ3n) is 1.62. The van der Waals surface area contributed by atoms with Gasteiger partial charge < -0.3 is 0 Å². The second-order valence-corrected chi connectivity index (χ2v) is 3.36. The van der Waals surface area contributed by atoms with Crippen molar-refractivity contribution in [3.63, 3.8) is 0 Å². The molecule has 0 spiro atoms. The van der Waals surface area contributed by atoms with Gasteiger partial charge in [0.15, 0.2) is 0 Å². The average Bonchev–Trinajstić information content (AvgIpc) is 2.05. The predicted octanol–water partition coefficient (Wildman–Crippen LogP) is 3.19. The zero-order chi connectivity index (χ0) is 8.27. The first-order valence-corrected chi connectivity index (χ1v) is 4.25. The fourth-order valence-corrected chi connectivity index (χ4v) is 1.11. The van der Waals surface area contributed by atoms with E-state index in [-0.39, 0.29) is 5.92 Å². The molecule has 0 N–H and O–H groups in total. The van der Waals surface area contributed by atoms with Gasteiger partial charge >= 0.3 is 0 Å². The number of benzene rings is 1. The smallest absolute Gasteiger partial charge is 0.0421 e. The van der Waals surface area contributed by atoms with Crippen molar-refractivity contribution in [1.82, 2.24) is 0 Å². The van der Waals surface area contributed by atoms with Crippen LogP contribution in [0.5, 0.6) is 0 Å². The molecule has 0 amide bonds. The lowest BCUT2D eigenvalue weighted by Gasteiger charge is -2.02. The van der Waals surface area contributed by atoms with Gasteiger partial charge in [0.05, 0.1) is 0 Å². The van der Waals surface area contributed by atoms with Gasteiger partial charge in [-0.15, -0.1) is 6.42 Å². The Kier molecular flexibility index (Phi) is 2.73. The van der Waals surface area contributed by atoms with Crippen LogP contribution in [0.1, 0.15) is 18.4 Å². The lowest BCUT2D eigenvalue weighted by molar-refractivity contribution is 1.01. The highest BCUT2D eigenvalue weighted by Crippen LogP contribution is 2.17. The van der Waals surface area contributed by atoms with Gasteiger partial charge in [0.25, 0.3) is 0 Å². The van der Waals surface area contributed by atoms with Crippen LogP contribution in [-0.4, -0.2) is 0 Å². The molecule has 11 heavy (non-hydrogen) atoms. The van der Waals surface area contributed by atoms with Gasteiger partial charge in [-0.05, 0) is 24.6 Å². The van der Waals surface area contributed by atoms with Gasteiger partial charge in [-0.1, -0.05) is 34.0 Å². The van der Waals surface area contributed by atoms with Crippen molar-refractivity contribution in [3.8, 4) is 12.3 Å². The molecule has 1 unspecified atom stereocenters. The molecule has 0 saturated carbocycles. The lowest BCUT2D eigenvalue weighted by Crippen LogP contribution is -1.87. The largest absolute Gasteiger partial charge is 0.119 e. The summed E-state index contributed by atoms with van der Waals surface area (Å²) >= 11 is 3.36. The van der Waals surface area contributed by atoms with Gasteiger partial charge in [-0.2, -0.15) is 0 Å². The van der Waals surface area contributed by atoms with Crippen LogP contribution in [0.4, 0.5) is 0 Å². The van der Waals surface area contributed by atoms with Crippen molar-refractivity contribution in [3.05, 3.63) is 34.3 Å². The van der Waals surface area contributed by atoms with Gasteiger partial charge in [0.1, 0.15) is 0 Å². The van der Waals surface area contributed by atoms with E-state index in [1.54, 1.807) is 0 Å². The van der Waals surface area contributed by atoms with Crippen molar-refractivity contribution < 1.29 is 0 Å². The van der Waals surface area contributed by atoms with Crippen molar-refractivity contribution in [2.75, 3.05) is 0 Å². The van der Waals surface area contributed by atoms with E-state index >= 15 is 0 Å². The number of hydrogen-bond donors (Lipinski definition) is 0. The molecule has 0 nitrogen and oxygen atoms in total. The molecule has 1 heteroatoms. The van der Waals surface area contributed by atoms with Crippen LogP contribution in [0.3, 0.4) is 0 Å². The molecule has 0 heterocycles. The number of hydrogen-bond acceptors (Lipinski definition) is 0. The molecule has 1 aromatic carbocycles. The SMILES string of the molecule is C#CC(C)c1ccc(Br)cc1. The summed E-state index contributed by atoms with van der Waals surface area (Å²) in [7, 11) is 0. The molecule has 0 aliphatic carbocycles. The highest BCUT2D eigenvalue weighted by atomic mass is 79.9. The fourth-order valence-electron chi connectivity index (χ4n) is 0.848. The molecule has 0 aliphatic rings. The van der Waals surface area contributed by atoms with Crippen LogP contribution in [0.25, 0.3) is 0 Å². The maximum atomic E-state index is 5.28. The molecule has 0 aromatic heterocycles. The second kappa shape index (κ2) is 3.59. The Morgan fingerprint density at radius 2 is 1.91 bits per heavy atom. The summed E-state index contributed by atoms with van der Waals surface area (Å²) in [4.78, 5) is 0. The zero-order valence-corrected chi connectivity index (χ0v) is 7.93. The highest BCUT2D eigenvalue weighted by molar-refractivity contribution is 9.10. The third-order valence-corrected chi connectivity index (χ3v) is 2.15. The average molecular weight is 209 g/mol. The van der Waals surface area contributed by atoms with E-state index in [1.165, 1.54) is 5.56 Å². The normalized spacial score (nSPS) is 12.1. The maximum absolute atomic E-state index is 5.28. The van der Waals surface area contributed by atoms with E-state index in [1.807, 2.05) is 31.2 Å². The summed E-state index contributed by atoms with van der Waals surface area (Å²) in [5.74, 6) is 2.90. The third kappa shape index (κ3) is 2.10. The summed E-state index contributed by atoms with van der Waals surface area (Å²) in [5, 5.41) is 0. The Balaban J connectivity index is 2.92. The number of halogens is 1. The lowest BCUT2D eigenvalue weighted by atomic mass is 10.0. The molecule has 56 valence electrons. The number of terminal acetylenes is 1. The van der Waals surface area contributed by atoms with E-state index in [9.17, 15) is 0 Å². The zero-order valence-electron chi connectivity index (χ0n) is 6.34. The van der Waals surface area contributed by atoms with Gasteiger partial charge in [-0.3, -0.25) is 0 Å². The quantitative estimate of drug-likeness (QED) is 0.623. The van der Waals surface area contributed by atoms with Crippen molar-refractivity contribution in [1.29, 1.82) is 0 Å². The second-order valence-electron chi connectivity index (χ2n) is 2.44. The van der Waals surface area contributed by atoms with E-state index in [0.717, 1.165) is 4.47 Å². The Hall–Kier alpha value is -0.740. The summed E-state index contributed by atoms with van der Waals surface area (Å²) in [6.45, 7) is 2.02. The van der Waals surface area contributed by atoms with Crippen LogP contribution in [0, 0.1) is 12.3 Å². The molecule has 0 radical (unpaired) electrons. The molecule has 1 rings (SSSR count). The summed E-state index contributed by atoms with van der Waals surface area (Å²) < 4.78 is 1.09. The Labute approximate surface area is 75.8 Å². The minimum atomic E-state index is 0.211. The van der Waals surface area contributed by atoms with E-state index in [2.05, 4.69) is 21.9 Å². The van der Waals surface area contributed by atoms with Crippen molar-refractivity contribution in [2.45, 2.75) is 12.8 Å². The highest BCUT2D eigenvalue weighted by Gasteiger charge is 1.98. The first-order valence-electron chi connectivity index (χ1n) is 3.45.